The van der Waals surface area contributed by atoms with Crippen LogP contribution in [0.5, 0.6) is 0 Å². The van der Waals surface area contributed by atoms with Crippen LogP contribution in [0.1, 0.15) is 18.7 Å². The first-order valence-electron chi connectivity index (χ1n) is 4.64. The molecule has 0 bridgehead atoms. The molecule has 0 aliphatic heterocycles. The van der Waals surface area contributed by atoms with Crippen LogP contribution in [0.25, 0.3) is 11.5 Å². The molecule has 2 N–H and O–H groups in total. The number of benzene rings is 1. The van der Waals surface area contributed by atoms with Crippen LogP contribution in [0.2, 0.25) is 0 Å². The Hall–Kier alpha value is -1.68. The van der Waals surface area contributed by atoms with E-state index in [2.05, 4.69) is 4.98 Å². The number of halogens is 1. The van der Waals surface area contributed by atoms with Crippen molar-refractivity contribution in [2.75, 3.05) is 0 Å². The minimum absolute atomic E-state index is 0.214. The SMILES string of the molecule is CC(N)c1coc(-c2ccccc2F)n1. The van der Waals surface area contributed by atoms with Gasteiger partial charge in [-0.05, 0) is 19.1 Å². The zero-order chi connectivity index (χ0) is 10.8. The second-order valence-corrected chi connectivity index (χ2v) is 3.35. The van der Waals surface area contributed by atoms with Crippen LogP contribution in [0, 0.1) is 5.82 Å². The highest BCUT2D eigenvalue weighted by Crippen LogP contribution is 2.22. The van der Waals surface area contributed by atoms with Crippen molar-refractivity contribution in [2.45, 2.75) is 13.0 Å². The zero-order valence-corrected chi connectivity index (χ0v) is 8.27. The predicted octanol–water partition coefficient (Wildman–Crippen LogP) is 2.50. The quantitative estimate of drug-likeness (QED) is 0.821. The van der Waals surface area contributed by atoms with Gasteiger partial charge in [0, 0.05) is 6.04 Å². The van der Waals surface area contributed by atoms with Crippen LogP contribution in [0.3, 0.4) is 0 Å². The number of oxazole rings is 1. The van der Waals surface area contributed by atoms with Crippen molar-refractivity contribution in [3.8, 4) is 11.5 Å². The van der Waals surface area contributed by atoms with Crippen LogP contribution < -0.4 is 5.73 Å². The smallest absolute Gasteiger partial charge is 0.229 e. The Labute approximate surface area is 86.7 Å². The summed E-state index contributed by atoms with van der Waals surface area (Å²) in [7, 11) is 0. The van der Waals surface area contributed by atoms with Gasteiger partial charge in [0.1, 0.15) is 12.1 Å². The van der Waals surface area contributed by atoms with Crippen molar-refractivity contribution in [2.24, 2.45) is 5.73 Å². The summed E-state index contributed by atoms with van der Waals surface area (Å²) in [5.41, 5.74) is 6.60. The molecule has 1 atom stereocenters. The molecule has 0 spiro atoms. The molecule has 4 heteroatoms. The predicted molar refractivity (Wildman–Crippen MR) is 54.5 cm³/mol. The number of nitrogens with zero attached hydrogens (tertiary/aromatic N) is 1. The maximum atomic E-state index is 13.4. The molecule has 2 rings (SSSR count). The fourth-order valence-corrected chi connectivity index (χ4v) is 1.25. The average Bonchev–Trinajstić information content (AvgIpc) is 2.67. The summed E-state index contributed by atoms with van der Waals surface area (Å²) in [6, 6.07) is 6.12. The van der Waals surface area contributed by atoms with E-state index in [4.69, 9.17) is 10.2 Å². The lowest BCUT2D eigenvalue weighted by Crippen LogP contribution is -2.04. The second-order valence-electron chi connectivity index (χ2n) is 3.35. The number of hydrogen-bond donors (Lipinski definition) is 1. The maximum absolute atomic E-state index is 13.4. The Morgan fingerprint density at radius 1 is 1.40 bits per heavy atom. The molecule has 0 radical (unpaired) electrons. The normalized spacial score (nSPS) is 12.7. The first kappa shape index (κ1) is 9.86. The van der Waals surface area contributed by atoms with Gasteiger partial charge in [-0.1, -0.05) is 12.1 Å². The molecule has 2 aromatic rings. The average molecular weight is 206 g/mol. The minimum Gasteiger partial charge on any atom is -0.444 e. The first-order valence-corrected chi connectivity index (χ1v) is 4.64. The maximum Gasteiger partial charge on any atom is 0.229 e. The van der Waals surface area contributed by atoms with E-state index in [-0.39, 0.29) is 17.7 Å². The highest BCUT2D eigenvalue weighted by atomic mass is 19.1. The third-order valence-corrected chi connectivity index (χ3v) is 2.09. The molecular weight excluding hydrogens is 195 g/mol. The Morgan fingerprint density at radius 3 is 2.73 bits per heavy atom. The Morgan fingerprint density at radius 2 is 2.13 bits per heavy atom. The molecule has 1 aromatic heterocycles. The van der Waals surface area contributed by atoms with E-state index in [0.717, 1.165) is 0 Å². The van der Waals surface area contributed by atoms with Crippen LogP contribution in [0.4, 0.5) is 4.39 Å². The molecule has 0 aliphatic carbocycles. The van der Waals surface area contributed by atoms with Crippen molar-refractivity contribution in [1.29, 1.82) is 0 Å². The van der Waals surface area contributed by atoms with E-state index < -0.39 is 0 Å². The highest BCUT2D eigenvalue weighted by Gasteiger charge is 2.12. The van der Waals surface area contributed by atoms with E-state index in [1.54, 1.807) is 25.1 Å². The third-order valence-electron chi connectivity index (χ3n) is 2.09. The van der Waals surface area contributed by atoms with Crippen molar-refractivity contribution < 1.29 is 8.81 Å². The van der Waals surface area contributed by atoms with E-state index in [0.29, 0.717) is 11.3 Å². The molecule has 0 fully saturated rings. The summed E-state index contributed by atoms with van der Waals surface area (Å²) in [6.07, 6.45) is 1.45. The molecule has 1 heterocycles. The van der Waals surface area contributed by atoms with E-state index >= 15 is 0 Å². The van der Waals surface area contributed by atoms with Crippen molar-refractivity contribution in [3.63, 3.8) is 0 Å². The molecular formula is C11H11FN2O. The van der Waals surface area contributed by atoms with Gasteiger partial charge in [0.2, 0.25) is 5.89 Å². The fourth-order valence-electron chi connectivity index (χ4n) is 1.25. The molecule has 3 nitrogen and oxygen atoms in total. The van der Waals surface area contributed by atoms with Crippen LogP contribution in [-0.4, -0.2) is 4.98 Å². The molecule has 1 unspecified atom stereocenters. The van der Waals surface area contributed by atoms with Crippen LogP contribution >= 0.6 is 0 Å². The Balaban J connectivity index is 2.42. The van der Waals surface area contributed by atoms with Gasteiger partial charge in [-0.15, -0.1) is 0 Å². The number of rotatable bonds is 2. The summed E-state index contributed by atoms with van der Waals surface area (Å²) in [6.45, 7) is 1.79. The van der Waals surface area contributed by atoms with Gasteiger partial charge < -0.3 is 10.2 Å². The van der Waals surface area contributed by atoms with Crippen molar-refractivity contribution in [1.82, 2.24) is 4.98 Å². The summed E-state index contributed by atoms with van der Waals surface area (Å²) in [5, 5.41) is 0. The third kappa shape index (κ3) is 1.89. The number of aromatic nitrogens is 1. The van der Waals surface area contributed by atoms with Gasteiger partial charge in [0.15, 0.2) is 0 Å². The van der Waals surface area contributed by atoms with Gasteiger partial charge in [0.25, 0.3) is 0 Å². The lowest BCUT2D eigenvalue weighted by atomic mass is 10.2. The summed E-state index contributed by atoms with van der Waals surface area (Å²) in [4.78, 5) is 4.11. The molecule has 0 saturated heterocycles. The standard InChI is InChI=1S/C11H11FN2O/c1-7(13)10-6-15-11(14-10)8-4-2-3-5-9(8)12/h2-7H,13H2,1H3. The van der Waals surface area contributed by atoms with Crippen molar-refractivity contribution in [3.05, 3.63) is 42.0 Å². The van der Waals surface area contributed by atoms with E-state index in [1.165, 1.54) is 12.3 Å². The molecule has 0 saturated carbocycles. The summed E-state index contributed by atoms with van der Waals surface area (Å²) < 4.78 is 18.5. The van der Waals surface area contributed by atoms with Gasteiger partial charge in [-0.2, -0.15) is 0 Å². The molecule has 1 aromatic carbocycles. The highest BCUT2D eigenvalue weighted by molar-refractivity contribution is 5.53. The zero-order valence-electron chi connectivity index (χ0n) is 8.27. The van der Waals surface area contributed by atoms with Crippen LogP contribution in [-0.2, 0) is 0 Å². The van der Waals surface area contributed by atoms with Gasteiger partial charge >= 0.3 is 0 Å². The first-order chi connectivity index (χ1) is 7.18. The van der Waals surface area contributed by atoms with Gasteiger partial charge in [-0.25, -0.2) is 9.37 Å². The second kappa shape index (κ2) is 3.82. The molecule has 0 aliphatic rings. The molecule has 15 heavy (non-hydrogen) atoms. The van der Waals surface area contributed by atoms with Gasteiger partial charge in [0.05, 0.1) is 11.3 Å². The molecule has 78 valence electrons. The van der Waals surface area contributed by atoms with Crippen molar-refractivity contribution >= 4 is 0 Å². The lowest BCUT2D eigenvalue weighted by molar-refractivity contribution is 0.559. The fraction of sp³-hybridized carbons (Fsp3) is 0.182. The summed E-state index contributed by atoms with van der Waals surface area (Å²) in [5.74, 6) is -0.0871. The van der Waals surface area contributed by atoms with E-state index in [1.807, 2.05) is 0 Å². The van der Waals surface area contributed by atoms with E-state index in [9.17, 15) is 4.39 Å². The molecule has 0 amide bonds. The number of nitrogens with two attached hydrogens (primary N) is 1. The Kier molecular flexibility index (Phi) is 2.51. The topological polar surface area (TPSA) is 52.0 Å². The summed E-state index contributed by atoms with van der Waals surface area (Å²) >= 11 is 0. The van der Waals surface area contributed by atoms with Gasteiger partial charge in [-0.3, -0.25) is 0 Å². The lowest BCUT2D eigenvalue weighted by Gasteiger charge is -1.97. The Bertz CT molecular complexity index is 465. The largest absolute Gasteiger partial charge is 0.444 e. The monoisotopic (exact) mass is 206 g/mol. The number of hydrogen-bond acceptors (Lipinski definition) is 3. The minimum atomic E-state index is -0.351. The van der Waals surface area contributed by atoms with Crippen LogP contribution in [0.15, 0.2) is 34.9 Å².